The van der Waals surface area contributed by atoms with E-state index in [1.54, 1.807) is 10.6 Å². The van der Waals surface area contributed by atoms with Crippen LogP contribution in [0.2, 0.25) is 0 Å². The Hall–Kier alpha value is -3.25. The highest BCUT2D eigenvalue weighted by molar-refractivity contribution is 5.83. The Morgan fingerprint density at radius 3 is 2.55 bits per heavy atom. The molecule has 6 heteroatoms. The Balaban J connectivity index is 2.02. The zero-order valence-electron chi connectivity index (χ0n) is 16.7. The van der Waals surface area contributed by atoms with Crippen molar-refractivity contribution in [3.05, 3.63) is 71.7 Å². The van der Waals surface area contributed by atoms with Gasteiger partial charge in [-0.05, 0) is 31.5 Å². The molecule has 4 rings (SSSR count). The fourth-order valence-corrected chi connectivity index (χ4v) is 3.36. The summed E-state index contributed by atoms with van der Waals surface area (Å²) >= 11 is 0. The number of rotatable bonds is 6. The fourth-order valence-electron chi connectivity index (χ4n) is 3.36. The Labute approximate surface area is 169 Å². The average Bonchev–Trinajstić information content (AvgIpc) is 3.10. The van der Waals surface area contributed by atoms with Crippen LogP contribution in [-0.2, 0) is 11.3 Å². The van der Waals surface area contributed by atoms with Crippen molar-refractivity contribution in [1.29, 1.82) is 0 Å². The predicted octanol–water partition coefficient (Wildman–Crippen LogP) is 5.09. The van der Waals surface area contributed by atoms with Crippen molar-refractivity contribution >= 4 is 11.5 Å². The molecular formula is C23H23FN4O. The summed E-state index contributed by atoms with van der Waals surface area (Å²) in [5.41, 5.74) is 6.12. The number of hydrogen-bond acceptors (Lipinski definition) is 4. The molecule has 0 atom stereocenters. The topological polar surface area (TPSA) is 51.5 Å². The molecular weight excluding hydrogens is 367 g/mol. The number of hydrogen-bond donors (Lipinski definition) is 1. The molecule has 1 N–H and O–H groups in total. The van der Waals surface area contributed by atoms with Crippen molar-refractivity contribution in [2.45, 2.75) is 20.5 Å². The standard InChI is InChI=1S/C23H23FN4O/c1-4-29-14-19-22(16-10-8-15(2)9-11-16)23-26-21(25-3)13-20(28(23)27-19)17-6-5-7-18(24)12-17/h5-13H,4,14H2,1-3H3,(H,25,26). The van der Waals surface area contributed by atoms with Crippen molar-refractivity contribution in [2.75, 3.05) is 19.0 Å². The van der Waals surface area contributed by atoms with E-state index in [0.29, 0.717) is 24.7 Å². The summed E-state index contributed by atoms with van der Waals surface area (Å²) in [7, 11) is 1.82. The average molecular weight is 390 g/mol. The number of anilines is 1. The van der Waals surface area contributed by atoms with E-state index in [0.717, 1.165) is 28.1 Å². The molecule has 5 nitrogen and oxygen atoms in total. The van der Waals surface area contributed by atoms with Crippen molar-refractivity contribution in [2.24, 2.45) is 0 Å². The molecule has 4 aromatic rings. The van der Waals surface area contributed by atoms with E-state index in [9.17, 15) is 4.39 Å². The summed E-state index contributed by atoms with van der Waals surface area (Å²) in [4.78, 5) is 4.77. The van der Waals surface area contributed by atoms with Gasteiger partial charge in [0, 0.05) is 25.3 Å². The van der Waals surface area contributed by atoms with Gasteiger partial charge < -0.3 is 10.1 Å². The summed E-state index contributed by atoms with van der Waals surface area (Å²) in [6, 6.07) is 16.6. The van der Waals surface area contributed by atoms with Crippen molar-refractivity contribution in [3.63, 3.8) is 0 Å². The molecule has 0 aliphatic heterocycles. The number of ether oxygens (including phenoxy) is 1. The van der Waals surface area contributed by atoms with E-state index < -0.39 is 0 Å². The van der Waals surface area contributed by atoms with Crippen LogP contribution in [0, 0.1) is 12.7 Å². The predicted molar refractivity (Wildman–Crippen MR) is 113 cm³/mol. The van der Waals surface area contributed by atoms with Crippen LogP contribution in [0.25, 0.3) is 28.0 Å². The monoisotopic (exact) mass is 390 g/mol. The second-order valence-corrected chi connectivity index (χ2v) is 6.85. The van der Waals surface area contributed by atoms with Crippen LogP contribution in [-0.4, -0.2) is 28.3 Å². The minimum absolute atomic E-state index is 0.293. The van der Waals surface area contributed by atoms with Crippen LogP contribution in [0.3, 0.4) is 0 Å². The molecule has 0 aliphatic rings. The fraction of sp³-hybridized carbons (Fsp3) is 0.217. The summed E-state index contributed by atoms with van der Waals surface area (Å²) in [5, 5.41) is 7.92. The first-order chi connectivity index (χ1) is 14.1. The Bertz CT molecular complexity index is 1150. The Kier molecular flexibility index (Phi) is 5.27. The van der Waals surface area contributed by atoms with Crippen molar-refractivity contribution in [1.82, 2.24) is 14.6 Å². The largest absolute Gasteiger partial charge is 0.375 e. The van der Waals surface area contributed by atoms with E-state index in [-0.39, 0.29) is 5.82 Å². The Morgan fingerprint density at radius 2 is 1.86 bits per heavy atom. The maximum absolute atomic E-state index is 13.9. The third-order valence-electron chi connectivity index (χ3n) is 4.82. The normalized spacial score (nSPS) is 11.2. The van der Waals surface area contributed by atoms with Crippen LogP contribution in [0.1, 0.15) is 18.2 Å². The molecule has 0 radical (unpaired) electrons. The van der Waals surface area contributed by atoms with E-state index in [1.807, 2.05) is 26.1 Å². The molecule has 0 amide bonds. The summed E-state index contributed by atoms with van der Waals surface area (Å²) in [6.45, 7) is 4.98. The second kappa shape index (κ2) is 8.01. The van der Waals surface area contributed by atoms with Gasteiger partial charge in [-0.1, -0.05) is 42.0 Å². The van der Waals surface area contributed by atoms with Crippen molar-refractivity contribution in [3.8, 4) is 22.4 Å². The summed E-state index contributed by atoms with van der Waals surface area (Å²) in [6.07, 6.45) is 0. The van der Waals surface area contributed by atoms with Gasteiger partial charge in [-0.15, -0.1) is 0 Å². The lowest BCUT2D eigenvalue weighted by Gasteiger charge is -2.09. The molecule has 0 fully saturated rings. The SMILES string of the molecule is CCOCc1nn2c(-c3cccc(F)c3)cc(NC)nc2c1-c1ccc(C)cc1. The highest BCUT2D eigenvalue weighted by atomic mass is 19.1. The smallest absolute Gasteiger partial charge is 0.166 e. The van der Waals surface area contributed by atoms with Gasteiger partial charge >= 0.3 is 0 Å². The third kappa shape index (κ3) is 3.71. The maximum atomic E-state index is 13.9. The first-order valence-corrected chi connectivity index (χ1v) is 9.62. The minimum atomic E-state index is -0.293. The molecule has 29 heavy (non-hydrogen) atoms. The molecule has 0 spiro atoms. The first-order valence-electron chi connectivity index (χ1n) is 9.62. The number of fused-ring (bicyclic) bond motifs is 1. The van der Waals surface area contributed by atoms with Gasteiger partial charge in [0.15, 0.2) is 5.65 Å². The van der Waals surface area contributed by atoms with Crippen LogP contribution in [0.4, 0.5) is 10.2 Å². The van der Waals surface area contributed by atoms with Gasteiger partial charge in [0.25, 0.3) is 0 Å². The quantitative estimate of drug-likeness (QED) is 0.498. The zero-order valence-corrected chi connectivity index (χ0v) is 16.7. The first kappa shape index (κ1) is 19.1. The summed E-state index contributed by atoms with van der Waals surface area (Å²) < 4.78 is 21.4. The van der Waals surface area contributed by atoms with Gasteiger partial charge in [-0.25, -0.2) is 13.9 Å². The molecule has 2 heterocycles. The van der Waals surface area contributed by atoms with Crippen LogP contribution < -0.4 is 5.32 Å². The summed E-state index contributed by atoms with van der Waals surface area (Å²) in [5.74, 6) is 0.395. The van der Waals surface area contributed by atoms with Gasteiger partial charge in [0.05, 0.1) is 23.6 Å². The molecule has 148 valence electrons. The molecule has 0 saturated carbocycles. The Morgan fingerprint density at radius 1 is 1.07 bits per heavy atom. The van der Waals surface area contributed by atoms with E-state index >= 15 is 0 Å². The minimum Gasteiger partial charge on any atom is -0.375 e. The van der Waals surface area contributed by atoms with E-state index in [2.05, 4.69) is 36.5 Å². The number of nitrogens with one attached hydrogen (secondary N) is 1. The second-order valence-electron chi connectivity index (χ2n) is 6.85. The molecule has 2 aromatic heterocycles. The lowest BCUT2D eigenvalue weighted by Crippen LogP contribution is -2.01. The molecule has 0 unspecified atom stereocenters. The number of halogens is 1. The zero-order chi connectivity index (χ0) is 20.4. The molecule has 0 aliphatic carbocycles. The van der Waals surface area contributed by atoms with Gasteiger partial charge in [0.2, 0.25) is 0 Å². The highest BCUT2D eigenvalue weighted by Crippen LogP contribution is 2.33. The number of benzene rings is 2. The van der Waals surface area contributed by atoms with Crippen LogP contribution in [0.5, 0.6) is 0 Å². The van der Waals surface area contributed by atoms with Crippen LogP contribution >= 0.6 is 0 Å². The van der Waals surface area contributed by atoms with E-state index in [4.69, 9.17) is 14.8 Å². The van der Waals surface area contributed by atoms with Gasteiger partial charge in [-0.2, -0.15) is 5.10 Å². The van der Waals surface area contributed by atoms with Gasteiger partial charge in [0.1, 0.15) is 11.6 Å². The van der Waals surface area contributed by atoms with E-state index in [1.165, 1.54) is 17.7 Å². The lowest BCUT2D eigenvalue weighted by molar-refractivity contribution is 0.131. The number of aryl methyl sites for hydroxylation is 1. The number of aromatic nitrogens is 3. The maximum Gasteiger partial charge on any atom is 0.166 e. The highest BCUT2D eigenvalue weighted by Gasteiger charge is 2.20. The lowest BCUT2D eigenvalue weighted by atomic mass is 10.0. The molecule has 0 saturated heterocycles. The number of nitrogens with zero attached hydrogens (tertiary/aromatic N) is 3. The molecule has 2 aromatic carbocycles. The van der Waals surface area contributed by atoms with Crippen LogP contribution in [0.15, 0.2) is 54.6 Å². The third-order valence-corrected chi connectivity index (χ3v) is 4.82. The molecule has 0 bridgehead atoms. The van der Waals surface area contributed by atoms with Crippen molar-refractivity contribution < 1.29 is 9.13 Å². The van der Waals surface area contributed by atoms with Gasteiger partial charge in [-0.3, -0.25) is 0 Å².